The highest BCUT2D eigenvalue weighted by atomic mass is 16.5. The zero-order valence-electron chi connectivity index (χ0n) is 12.8. The molecule has 0 bridgehead atoms. The van der Waals surface area contributed by atoms with Gasteiger partial charge < -0.3 is 4.74 Å². The molecule has 1 aliphatic heterocycles. The molecule has 1 aliphatic carbocycles. The Kier molecular flexibility index (Phi) is 3.01. The lowest BCUT2D eigenvalue weighted by Crippen LogP contribution is -2.36. The summed E-state index contributed by atoms with van der Waals surface area (Å²) in [5, 5.41) is 0. The Hall–Kier alpha value is -1.23. The zero-order valence-corrected chi connectivity index (χ0v) is 12.8. The van der Waals surface area contributed by atoms with Crippen LogP contribution in [0, 0.1) is 17.8 Å². The fourth-order valence-corrected chi connectivity index (χ4v) is 3.44. The van der Waals surface area contributed by atoms with E-state index in [-0.39, 0.29) is 23.4 Å². The van der Waals surface area contributed by atoms with Crippen LogP contribution < -0.4 is 5.69 Å². The first kappa shape index (κ1) is 13.7. The van der Waals surface area contributed by atoms with Crippen LogP contribution in [0.4, 0.5) is 0 Å². The molecule has 2 fully saturated rings. The van der Waals surface area contributed by atoms with Crippen molar-refractivity contribution in [2.24, 2.45) is 17.8 Å². The van der Waals surface area contributed by atoms with Crippen LogP contribution >= 0.6 is 0 Å². The Morgan fingerprint density at radius 3 is 2.60 bits per heavy atom. The Morgan fingerprint density at radius 2 is 2.05 bits per heavy atom. The molecule has 0 radical (unpaired) electrons. The number of nitrogens with zero attached hydrogens (tertiary/aromatic N) is 3. The summed E-state index contributed by atoms with van der Waals surface area (Å²) in [6.07, 6.45) is 2.50. The van der Waals surface area contributed by atoms with Gasteiger partial charge in [-0.1, -0.05) is 27.7 Å². The van der Waals surface area contributed by atoms with Crippen LogP contribution in [0.5, 0.6) is 0 Å². The molecular formula is C15H23N3O2. The molecule has 1 aromatic heterocycles. The molecule has 0 N–H and O–H groups in total. The quantitative estimate of drug-likeness (QED) is 0.789. The molecular weight excluding hydrogens is 254 g/mol. The lowest BCUT2D eigenvalue weighted by molar-refractivity contribution is -0.0897. The second-order valence-electron chi connectivity index (χ2n) is 7.25. The first-order valence-corrected chi connectivity index (χ1v) is 7.40. The zero-order chi connectivity index (χ0) is 14.7. The molecule has 1 saturated carbocycles. The molecule has 5 atom stereocenters. The highest BCUT2D eigenvalue weighted by molar-refractivity contribution is 5.03. The molecule has 110 valence electrons. The standard InChI is InChI=1S/C15H23N3O2/c1-8-10-6-11(20-9(2)12(8)10)18-7-16-13(15(3,4)5)17-14(18)19/h7-12H,6H2,1-5H3. The minimum atomic E-state index is -0.256. The summed E-state index contributed by atoms with van der Waals surface area (Å²) in [4.78, 5) is 20.7. The van der Waals surface area contributed by atoms with Gasteiger partial charge in [-0.3, -0.25) is 4.57 Å². The largest absolute Gasteiger partial charge is 0.355 e. The smallest absolute Gasteiger partial charge is 0.352 e. The van der Waals surface area contributed by atoms with Crippen LogP contribution in [0.15, 0.2) is 11.1 Å². The molecule has 5 heteroatoms. The second-order valence-corrected chi connectivity index (χ2v) is 7.25. The third-order valence-electron chi connectivity index (χ3n) is 4.73. The van der Waals surface area contributed by atoms with Gasteiger partial charge in [0.1, 0.15) is 18.4 Å². The Labute approximate surface area is 119 Å². The number of aromatic nitrogens is 3. The highest BCUT2D eigenvalue weighted by Crippen LogP contribution is 2.56. The van der Waals surface area contributed by atoms with E-state index in [9.17, 15) is 4.79 Å². The van der Waals surface area contributed by atoms with Gasteiger partial charge in [0.2, 0.25) is 0 Å². The number of fused-ring (bicyclic) bond motifs is 1. The van der Waals surface area contributed by atoms with E-state index in [1.807, 2.05) is 20.8 Å². The topological polar surface area (TPSA) is 57.0 Å². The number of hydrogen-bond acceptors (Lipinski definition) is 4. The SMILES string of the molecule is CC1OC(n2cnc(C(C)(C)C)nc2=O)CC2C(C)C12. The van der Waals surface area contributed by atoms with Gasteiger partial charge >= 0.3 is 5.69 Å². The van der Waals surface area contributed by atoms with Gasteiger partial charge in [-0.05, 0) is 31.1 Å². The van der Waals surface area contributed by atoms with E-state index in [0.29, 0.717) is 23.6 Å². The molecule has 20 heavy (non-hydrogen) atoms. The van der Waals surface area contributed by atoms with Crippen molar-refractivity contribution >= 4 is 0 Å². The summed E-state index contributed by atoms with van der Waals surface area (Å²) in [5.41, 5.74) is -0.469. The first-order valence-electron chi connectivity index (χ1n) is 7.40. The van der Waals surface area contributed by atoms with E-state index >= 15 is 0 Å². The summed E-state index contributed by atoms with van der Waals surface area (Å²) in [5.74, 6) is 2.63. The van der Waals surface area contributed by atoms with Crippen molar-refractivity contribution in [1.82, 2.24) is 14.5 Å². The fraction of sp³-hybridized carbons (Fsp3) is 0.800. The maximum absolute atomic E-state index is 12.2. The van der Waals surface area contributed by atoms with E-state index < -0.39 is 0 Å². The minimum absolute atomic E-state index is 0.210. The van der Waals surface area contributed by atoms with Gasteiger partial charge in [0.05, 0.1) is 6.10 Å². The molecule has 1 saturated heterocycles. The van der Waals surface area contributed by atoms with E-state index in [4.69, 9.17) is 4.74 Å². The first-order chi connectivity index (χ1) is 9.29. The van der Waals surface area contributed by atoms with Crippen LogP contribution in [-0.4, -0.2) is 20.6 Å². The van der Waals surface area contributed by atoms with Gasteiger partial charge in [-0.2, -0.15) is 4.98 Å². The normalized spacial score (nSPS) is 36.5. The predicted molar refractivity (Wildman–Crippen MR) is 75.3 cm³/mol. The number of rotatable bonds is 1. The van der Waals surface area contributed by atoms with Crippen molar-refractivity contribution in [3.05, 3.63) is 22.6 Å². The molecule has 2 heterocycles. The van der Waals surface area contributed by atoms with Gasteiger partial charge in [-0.15, -0.1) is 0 Å². The lowest BCUT2D eigenvalue weighted by Gasteiger charge is -2.28. The van der Waals surface area contributed by atoms with Crippen molar-refractivity contribution in [1.29, 1.82) is 0 Å². The van der Waals surface area contributed by atoms with Crippen LogP contribution in [0.2, 0.25) is 0 Å². The van der Waals surface area contributed by atoms with Gasteiger partial charge in [0.15, 0.2) is 0 Å². The Balaban J connectivity index is 1.86. The second kappa shape index (κ2) is 4.38. The van der Waals surface area contributed by atoms with Crippen molar-refractivity contribution in [2.45, 2.75) is 58.8 Å². The average Bonchev–Trinajstić information content (AvgIpc) is 2.99. The molecule has 2 aliphatic rings. The van der Waals surface area contributed by atoms with Crippen LogP contribution in [0.1, 0.15) is 53.1 Å². The number of hydrogen-bond donors (Lipinski definition) is 0. The molecule has 0 aromatic carbocycles. The van der Waals surface area contributed by atoms with E-state index in [1.54, 1.807) is 10.9 Å². The molecule has 0 spiro atoms. The van der Waals surface area contributed by atoms with E-state index in [2.05, 4.69) is 23.8 Å². The van der Waals surface area contributed by atoms with Gasteiger partial charge in [0, 0.05) is 5.41 Å². The number of ether oxygens (including phenoxy) is 1. The summed E-state index contributed by atoms with van der Waals surface area (Å²) in [6, 6.07) is 0. The maximum atomic E-state index is 12.2. The van der Waals surface area contributed by atoms with Crippen molar-refractivity contribution in [3.8, 4) is 0 Å². The van der Waals surface area contributed by atoms with Crippen molar-refractivity contribution < 1.29 is 4.74 Å². The molecule has 5 nitrogen and oxygen atoms in total. The summed E-state index contributed by atoms with van der Waals surface area (Å²) in [6.45, 7) is 10.4. The molecule has 3 rings (SSSR count). The summed E-state index contributed by atoms with van der Waals surface area (Å²) in [7, 11) is 0. The average molecular weight is 277 g/mol. The third-order valence-corrected chi connectivity index (χ3v) is 4.73. The van der Waals surface area contributed by atoms with Gasteiger partial charge in [0.25, 0.3) is 0 Å². The Morgan fingerprint density at radius 1 is 1.35 bits per heavy atom. The van der Waals surface area contributed by atoms with Crippen molar-refractivity contribution in [2.75, 3.05) is 0 Å². The van der Waals surface area contributed by atoms with E-state index in [0.717, 1.165) is 6.42 Å². The lowest BCUT2D eigenvalue weighted by atomic mass is 9.96. The van der Waals surface area contributed by atoms with Crippen LogP contribution in [0.25, 0.3) is 0 Å². The van der Waals surface area contributed by atoms with Gasteiger partial charge in [-0.25, -0.2) is 9.78 Å². The van der Waals surface area contributed by atoms with E-state index in [1.165, 1.54) is 0 Å². The fourth-order valence-electron chi connectivity index (χ4n) is 3.44. The predicted octanol–water partition coefficient (Wildman–Crippen LogP) is 2.13. The van der Waals surface area contributed by atoms with Crippen LogP contribution in [0.3, 0.4) is 0 Å². The Bertz CT molecular complexity index is 567. The molecule has 5 unspecified atom stereocenters. The molecule has 1 aromatic rings. The summed E-state index contributed by atoms with van der Waals surface area (Å²) < 4.78 is 7.53. The van der Waals surface area contributed by atoms with Crippen molar-refractivity contribution in [3.63, 3.8) is 0 Å². The maximum Gasteiger partial charge on any atom is 0.352 e. The highest BCUT2D eigenvalue weighted by Gasteiger charge is 2.54. The van der Waals surface area contributed by atoms with Crippen LogP contribution in [-0.2, 0) is 10.2 Å². The monoisotopic (exact) mass is 277 g/mol. The third kappa shape index (κ3) is 2.18. The summed E-state index contributed by atoms with van der Waals surface area (Å²) >= 11 is 0. The minimum Gasteiger partial charge on any atom is -0.355 e. The molecule has 0 amide bonds.